The summed E-state index contributed by atoms with van der Waals surface area (Å²) >= 11 is 0. The van der Waals surface area contributed by atoms with Gasteiger partial charge in [-0.05, 0) is 69.1 Å². The summed E-state index contributed by atoms with van der Waals surface area (Å²) in [6.07, 6.45) is 8.30. The smallest absolute Gasteiger partial charge is 0.251 e. The predicted molar refractivity (Wildman–Crippen MR) is 156 cm³/mol. The number of amides is 1. The number of nitrogens with zero attached hydrogens (tertiary/aromatic N) is 5. The van der Waals surface area contributed by atoms with E-state index in [0.29, 0.717) is 11.6 Å². The number of para-hydroxylation sites is 1. The third kappa shape index (κ3) is 6.31. The van der Waals surface area contributed by atoms with Crippen LogP contribution in [0.15, 0.2) is 61.2 Å². The number of carbonyl (C=O) groups excluding carboxylic acids is 1. The molecule has 39 heavy (non-hydrogen) atoms. The first kappa shape index (κ1) is 26.5. The molecule has 3 N–H and O–H groups in total. The van der Waals surface area contributed by atoms with Crippen molar-refractivity contribution in [3.8, 4) is 11.3 Å². The minimum absolute atomic E-state index is 0.105. The Morgan fingerprint density at radius 2 is 1.90 bits per heavy atom. The Morgan fingerprint density at radius 3 is 2.67 bits per heavy atom. The molecule has 0 saturated carbocycles. The van der Waals surface area contributed by atoms with Crippen LogP contribution in [0.2, 0.25) is 0 Å². The average Bonchev–Trinajstić information content (AvgIpc) is 2.98. The third-order valence-electron chi connectivity index (χ3n) is 7.49. The van der Waals surface area contributed by atoms with Gasteiger partial charge in [-0.2, -0.15) is 0 Å². The van der Waals surface area contributed by atoms with E-state index < -0.39 is 0 Å². The maximum Gasteiger partial charge on any atom is 0.251 e. The van der Waals surface area contributed by atoms with E-state index >= 15 is 0 Å². The van der Waals surface area contributed by atoms with Crippen LogP contribution in [0, 0.1) is 0 Å². The fraction of sp³-hybridized carbons (Fsp3) is 0.367. The van der Waals surface area contributed by atoms with Gasteiger partial charge in [-0.3, -0.25) is 9.78 Å². The Kier molecular flexibility index (Phi) is 8.27. The highest BCUT2D eigenvalue weighted by atomic mass is 16.1. The Bertz CT molecular complexity index is 1420. The highest BCUT2D eigenvalue weighted by molar-refractivity contribution is 6.06. The normalized spacial score (nSPS) is 15.2. The second-order valence-electron chi connectivity index (χ2n) is 10.2. The Morgan fingerprint density at radius 1 is 1.05 bits per heavy atom. The molecule has 1 aliphatic rings. The largest absolute Gasteiger partial charge is 0.370 e. The summed E-state index contributed by atoms with van der Waals surface area (Å²) in [6, 6.07) is 14.3. The van der Waals surface area contributed by atoms with Gasteiger partial charge in [-0.15, -0.1) is 0 Å². The van der Waals surface area contributed by atoms with Crippen molar-refractivity contribution in [2.24, 2.45) is 0 Å². The molecule has 4 heterocycles. The van der Waals surface area contributed by atoms with Gasteiger partial charge in [0.2, 0.25) is 0 Å². The number of fused-ring (bicyclic) bond motifs is 1. The lowest BCUT2D eigenvalue weighted by atomic mass is 9.94. The number of likely N-dealkylation sites (tertiary alicyclic amines) is 1. The molecule has 0 bridgehead atoms. The van der Waals surface area contributed by atoms with Crippen molar-refractivity contribution in [2.45, 2.75) is 38.1 Å². The molecule has 1 aromatic carbocycles. The molecular weight excluding hydrogens is 488 g/mol. The zero-order valence-electron chi connectivity index (χ0n) is 22.8. The number of pyridine rings is 2. The Balaban J connectivity index is 1.20. The van der Waals surface area contributed by atoms with Crippen LogP contribution in [-0.4, -0.2) is 70.5 Å². The van der Waals surface area contributed by atoms with Crippen LogP contribution in [0.1, 0.15) is 48.0 Å². The van der Waals surface area contributed by atoms with Gasteiger partial charge in [0.25, 0.3) is 5.91 Å². The second kappa shape index (κ2) is 12.2. The summed E-state index contributed by atoms with van der Waals surface area (Å²) in [7, 11) is 3.81. The molecular formula is C30H36N8O. The minimum Gasteiger partial charge on any atom is -0.370 e. The number of carbonyl (C=O) groups is 1. The van der Waals surface area contributed by atoms with Crippen molar-refractivity contribution in [1.82, 2.24) is 30.2 Å². The van der Waals surface area contributed by atoms with Crippen molar-refractivity contribution in [3.05, 3.63) is 72.3 Å². The van der Waals surface area contributed by atoms with Crippen LogP contribution in [0.25, 0.3) is 22.2 Å². The molecule has 0 aliphatic carbocycles. The number of benzene rings is 1. The van der Waals surface area contributed by atoms with E-state index in [1.54, 1.807) is 25.6 Å². The van der Waals surface area contributed by atoms with E-state index in [1.807, 2.05) is 30.5 Å². The molecule has 1 atom stereocenters. The highest BCUT2D eigenvalue weighted by Gasteiger charge is 2.17. The number of hydrogen-bond acceptors (Lipinski definition) is 8. The molecule has 1 aliphatic heterocycles. The van der Waals surface area contributed by atoms with Crippen molar-refractivity contribution >= 4 is 28.4 Å². The van der Waals surface area contributed by atoms with Crippen LogP contribution in [0.4, 0.5) is 11.6 Å². The standard InChI is InChI=1S/C30H36N8O/c1-20(23-5-4-6-24-25(30(39)31-2)10-14-33-29(23)24)9-13-32-28-17-26(35-19-36-28)21-7-8-27(34-18-21)37-22-11-15-38(3)16-12-22/h4-8,10,14,17-20,22H,9,11-13,15-16H2,1-3H3,(H,31,39)(H,34,37)(H,32,35,36). The van der Waals surface area contributed by atoms with E-state index in [2.05, 4.69) is 66.9 Å². The van der Waals surface area contributed by atoms with Gasteiger partial charge in [-0.25, -0.2) is 15.0 Å². The summed E-state index contributed by atoms with van der Waals surface area (Å²) in [5.74, 6) is 1.81. The fourth-order valence-electron chi connectivity index (χ4n) is 5.11. The number of rotatable bonds is 9. The molecule has 9 nitrogen and oxygen atoms in total. The molecule has 1 amide bonds. The Labute approximate surface area is 229 Å². The number of anilines is 2. The van der Waals surface area contributed by atoms with Gasteiger partial charge >= 0.3 is 0 Å². The van der Waals surface area contributed by atoms with Crippen molar-refractivity contribution < 1.29 is 4.79 Å². The lowest BCUT2D eigenvalue weighted by Crippen LogP contribution is -2.36. The van der Waals surface area contributed by atoms with Crippen molar-refractivity contribution in [3.63, 3.8) is 0 Å². The molecule has 202 valence electrons. The maximum atomic E-state index is 12.3. The molecule has 1 fully saturated rings. The van der Waals surface area contributed by atoms with Crippen molar-refractivity contribution in [2.75, 3.05) is 44.4 Å². The summed E-state index contributed by atoms with van der Waals surface area (Å²) in [5.41, 5.74) is 4.43. The quantitative estimate of drug-likeness (QED) is 0.293. The molecule has 1 saturated heterocycles. The topological polar surface area (TPSA) is 108 Å². The summed E-state index contributed by atoms with van der Waals surface area (Å²) in [5, 5.41) is 10.6. The number of hydrogen-bond donors (Lipinski definition) is 3. The van der Waals surface area contributed by atoms with Crippen LogP contribution < -0.4 is 16.0 Å². The lowest BCUT2D eigenvalue weighted by molar-refractivity contribution is 0.0964. The van der Waals surface area contributed by atoms with Crippen LogP contribution in [0.3, 0.4) is 0 Å². The van der Waals surface area contributed by atoms with E-state index in [0.717, 1.165) is 78.3 Å². The fourth-order valence-corrected chi connectivity index (χ4v) is 5.11. The summed E-state index contributed by atoms with van der Waals surface area (Å²) in [6.45, 7) is 5.15. The first-order valence-electron chi connectivity index (χ1n) is 13.6. The first-order valence-corrected chi connectivity index (χ1v) is 13.6. The van der Waals surface area contributed by atoms with Crippen LogP contribution in [-0.2, 0) is 0 Å². The predicted octanol–water partition coefficient (Wildman–Crippen LogP) is 4.56. The maximum absolute atomic E-state index is 12.3. The third-order valence-corrected chi connectivity index (χ3v) is 7.49. The number of aromatic nitrogens is 4. The number of piperidine rings is 1. The van der Waals surface area contributed by atoms with E-state index in [4.69, 9.17) is 0 Å². The van der Waals surface area contributed by atoms with Gasteiger partial charge in [-0.1, -0.05) is 25.1 Å². The number of nitrogens with one attached hydrogen (secondary N) is 3. The van der Waals surface area contributed by atoms with Crippen LogP contribution >= 0.6 is 0 Å². The van der Waals surface area contributed by atoms with Gasteiger partial charge < -0.3 is 20.9 Å². The van der Waals surface area contributed by atoms with Gasteiger partial charge in [0.05, 0.1) is 16.8 Å². The van der Waals surface area contributed by atoms with Gasteiger partial charge in [0, 0.05) is 49.0 Å². The summed E-state index contributed by atoms with van der Waals surface area (Å²) < 4.78 is 0. The molecule has 0 spiro atoms. The average molecular weight is 525 g/mol. The van der Waals surface area contributed by atoms with Gasteiger partial charge in [0.15, 0.2) is 0 Å². The summed E-state index contributed by atoms with van der Waals surface area (Å²) in [4.78, 5) is 32.8. The van der Waals surface area contributed by atoms with Crippen molar-refractivity contribution in [1.29, 1.82) is 0 Å². The second-order valence-corrected chi connectivity index (χ2v) is 10.2. The molecule has 1 unspecified atom stereocenters. The van der Waals surface area contributed by atoms with Gasteiger partial charge in [0.1, 0.15) is 18.0 Å². The first-order chi connectivity index (χ1) is 19.0. The van der Waals surface area contributed by atoms with E-state index in [1.165, 1.54) is 0 Å². The monoisotopic (exact) mass is 524 g/mol. The zero-order valence-corrected chi connectivity index (χ0v) is 22.8. The van der Waals surface area contributed by atoms with E-state index in [9.17, 15) is 4.79 Å². The molecule has 3 aromatic heterocycles. The Hall–Kier alpha value is -4.11. The SMILES string of the molecule is CNC(=O)c1ccnc2c(C(C)CCNc3cc(-c4ccc(NC5CCN(C)CC5)nc4)ncn3)cccc12. The lowest BCUT2D eigenvalue weighted by Gasteiger charge is -2.29. The van der Waals surface area contributed by atoms with Crippen LogP contribution in [0.5, 0.6) is 0 Å². The highest BCUT2D eigenvalue weighted by Crippen LogP contribution is 2.28. The molecule has 5 rings (SSSR count). The zero-order chi connectivity index (χ0) is 27.2. The molecule has 9 heteroatoms. The minimum atomic E-state index is -0.105. The molecule has 0 radical (unpaired) electrons. The molecule has 4 aromatic rings. The van der Waals surface area contributed by atoms with E-state index in [-0.39, 0.29) is 11.8 Å².